The number of rotatable bonds is 4. The summed E-state index contributed by atoms with van der Waals surface area (Å²) in [6.07, 6.45) is 4.91. The van der Waals surface area contributed by atoms with Crippen LogP contribution >= 0.6 is 11.3 Å². The van der Waals surface area contributed by atoms with Gasteiger partial charge in [0.05, 0.1) is 16.2 Å². The van der Waals surface area contributed by atoms with Gasteiger partial charge in [0.1, 0.15) is 4.88 Å². The number of benzene rings is 1. The maximum atomic E-state index is 6.42. The van der Waals surface area contributed by atoms with Gasteiger partial charge in [-0.3, -0.25) is 0 Å². The largest absolute Gasteiger partial charge is 0.333 e. The van der Waals surface area contributed by atoms with Crippen molar-refractivity contribution in [1.82, 2.24) is 15.1 Å². The lowest BCUT2D eigenvalue weighted by Crippen LogP contribution is -2.34. The smallest absolute Gasteiger partial charge is 0.269 e. The second kappa shape index (κ2) is 6.11. The van der Waals surface area contributed by atoms with Crippen LogP contribution < -0.4 is 5.73 Å². The maximum Gasteiger partial charge on any atom is 0.269 e. The Kier molecular flexibility index (Phi) is 3.94. The Balaban J connectivity index is 1.60. The van der Waals surface area contributed by atoms with Crippen molar-refractivity contribution in [2.24, 2.45) is 5.73 Å². The summed E-state index contributed by atoms with van der Waals surface area (Å²) in [5, 5.41) is 5.20. The van der Waals surface area contributed by atoms with E-state index in [0.717, 1.165) is 47.7 Å². The molecule has 0 amide bonds. The van der Waals surface area contributed by atoms with Gasteiger partial charge in [0.15, 0.2) is 5.82 Å². The first kappa shape index (κ1) is 15.5. The number of thiazole rings is 1. The number of hydrogen-bond donors (Lipinski definition) is 1. The Morgan fingerprint density at radius 3 is 2.67 bits per heavy atom. The van der Waals surface area contributed by atoms with Crippen molar-refractivity contribution in [3.63, 3.8) is 0 Å². The van der Waals surface area contributed by atoms with Gasteiger partial charge in [0.25, 0.3) is 5.89 Å². The summed E-state index contributed by atoms with van der Waals surface area (Å²) in [5.41, 5.74) is 8.17. The number of hydrogen-bond acceptors (Lipinski definition) is 6. The van der Waals surface area contributed by atoms with Gasteiger partial charge in [-0.2, -0.15) is 4.98 Å². The average molecular weight is 340 g/mol. The highest BCUT2D eigenvalue weighted by atomic mass is 32.1. The average Bonchev–Trinajstić information content (AvgIpc) is 3.29. The number of nitrogens with zero attached hydrogens (tertiary/aromatic N) is 3. The van der Waals surface area contributed by atoms with Gasteiger partial charge >= 0.3 is 0 Å². The molecule has 24 heavy (non-hydrogen) atoms. The molecule has 124 valence electrons. The number of aromatic nitrogens is 3. The Hall–Kier alpha value is -2.05. The van der Waals surface area contributed by atoms with Crippen molar-refractivity contribution >= 4 is 11.3 Å². The van der Waals surface area contributed by atoms with E-state index >= 15 is 0 Å². The van der Waals surface area contributed by atoms with E-state index in [1.165, 1.54) is 5.56 Å². The third kappa shape index (κ3) is 2.87. The van der Waals surface area contributed by atoms with E-state index in [4.69, 9.17) is 10.3 Å². The first-order valence-corrected chi connectivity index (χ1v) is 9.09. The van der Waals surface area contributed by atoms with Gasteiger partial charge in [-0.05, 0) is 25.3 Å². The standard InChI is InChI=1S/C18H20N4OS/c1-12-15(24-14(20-12)11-13-7-3-2-4-8-13)16-21-17(22-23-16)18(19)9-5-6-10-18/h2-4,7-8H,5-6,9-11,19H2,1H3. The van der Waals surface area contributed by atoms with E-state index < -0.39 is 5.54 Å². The molecule has 0 unspecified atom stereocenters. The molecule has 1 fully saturated rings. The summed E-state index contributed by atoms with van der Waals surface area (Å²) in [6.45, 7) is 1.98. The van der Waals surface area contributed by atoms with Gasteiger partial charge < -0.3 is 10.3 Å². The van der Waals surface area contributed by atoms with Crippen LogP contribution in [0, 0.1) is 6.92 Å². The van der Waals surface area contributed by atoms with Crippen LogP contribution in [0.1, 0.15) is 47.8 Å². The molecule has 2 heterocycles. The van der Waals surface area contributed by atoms with E-state index in [1.807, 2.05) is 25.1 Å². The predicted octanol–water partition coefficient (Wildman–Crippen LogP) is 3.82. The minimum Gasteiger partial charge on any atom is -0.333 e. The van der Waals surface area contributed by atoms with Crippen molar-refractivity contribution in [2.75, 3.05) is 0 Å². The van der Waals surface area contributed by atoms with Crippen LogP contribution in [0.5, 0.6) is 0 Å². The van der Waals surface area contributed by atoms with Crippen LogP contribution in [-0.4, -0.2) is 15.1 Å². The number of nitrogens with two attached hydrogens (primary N) is 1. The molecule has 1 aliphatic carbocycles. The lowest BCUT2D eigenvalue weighted by molar-refractivity contribution is 0.373. The summed E-state index contributed by atoms with van der Waals surface area (Å²) in [7, 11) is 0. The van der Waals surface area contributed by atoms with Crippen LogP contribution in [0.2, 0.25) is 0 Å². The number of aryl methyl sites for hydroxylation is 1. The van der Waals surface area contributed by atoms with Gasteiger partial charge in [-0.25, -0.2) is 4.98 Å². The molecule has 0 aliphatic heterocycles. The molecule has 0 bridgehead atoms. The molecule has 0 atom stereocenters. The van der Waals surface area contributed by atoms with E-state index in [0.29, 0.717) is 11.7 Å². The predicted molar refractivity (Wildman–Crippen MR) is 93.7 cm³/mol. The van der Waals surface area contributed by atoms with Crippen molar-refractivity contribution < 1.29 is 4.52 Å². The summed E-state index contributed by atoms with van der Waals surface area (Å²) in [4.78, 5) is 10.2. The monoisotopic (exact) mass is 340 g/mol. The third-order valence-corrected chi connectivity index (χ3v) is 5.75. The Labute approximate surface area is 144 Å². The molecule has 6 heteroatoms. The fraction of sp³-hybridized carbons (Fsp3) is 0.389. The fourth-order valence-electron chi connectivity index (χ4n) is 3.24. The molecule has 1 aromatic carbocycles. The van der Waals surface area contributed by atoms with Crippen molar-refractivity contribution in [1.29, 1.82) is 0 Å². The topological polar surface area (TPSA) is 77.8 Å². The molecule has 0 radical (unpaired) electrons. The Morgan fingerprint density at radius 2 is 1.92 bits per heavy atom. The van der Waals surface area contributed by atoms with Crippen LogP contribution in [-0.2, 0) is 12.0 Å². The van der Waals surface area contributed by atoms with Crippen LogP contribution in [0.3, 0.4) is 0 Å². The molecule has 0 spiro atoms. The first-order valence-electron chi connectivity index (χ1n) is 8.28. The molecule has 2 N–H and O–H groups in total. The Bertz CT molecular complexity index is 834. The van der Waals surface area contributed by atoms with Gasteiger partial charge in [-0.1, -0.05) is 48.3 Å². The highest BCUT2D eigenvalue weighted by Gasteiger charge is 2.36. The zero-order chi connectivity index (χ0) is 16.6. The molecule has 2 aromatic heterocycles. The Morgan fingerprint density at radius 1 is 1.17 bits per heavy atom. The van der Waals surface area contributed by atoms with Crippen molar-refractivity contribution in [3.05, 3.63) is 52.4 Å². The van der Waals surface area contributed by atoms with E-state index in [1.54, 1.807) is 11.3 Å². The maximum absolute atomic E-state index is 6.42. The van der Waals surface area contributed by atoms with Crippen molar-refractivity contribution in [3.8, 4) is 10.8 Å². The SMILES string of the molecule is Cc1nc(Cc2ccccc2)sc1-c1nc(C2(N)CCCC2)no1. The van der Waals surface area contributed by atoms with Crippen LogP contribution in [0.25, 0.3) is 10.8 Å². The van der Waals surface area contributed by atoms with Crippen LogP contribution in [0.4, 0.5) is 0 Å². The zero-order valence-electron chi connectivity index (χ0n) is 13.7. The highest BCUT2D eigenvalue weighted by Crippen LogP contribution is 2.37. The zero-order valence-corrected chi connectivity index (χ0v) is 14.5. The van der Waals surface area contributed by atoms with E-state index in [9.17, 15) is 0 Å². The van der Waals surface area contributed by atoms with Gasteiger partial charge in [0.2, 0.25) is 0 Å². The normalized spacial score (nSPS) is 16.6. The lowest BCUT2D eigenvalue weighted by atomic mass is 9.99. The van der Waals surface area contributed by atoms with Crippen molar-refractivity contribution in [2.45, 2.75) is 44.6 Å². The molecule has 1 aliphatic rings. The molecular weight excluding hydrogens is 320 g/mol. The highest BCUT2D eigenvalue weighted by molar-refractivity contribution is 7.15. The van der Waals surface area contributed by atoms with Gasteiger partial charge in [0, 0.05) is 6.42 Å². The second-order valence-corrected chi connectivity index (χ2v) is 7.55. The molecule has 0 saturated heterocycles. The minimum absolute atomic E-state index is 0.423. The summed E-state index contributed by atoms with van der Waals surface area (Å²) in [5.74, 6) is 1.17. The second-order valence-electron chi connectivity index (χ2n) is 6.47. The molecule has 3 aromatic rings. The molecule has 1 saturated carbocycles. The first-order chi connectivity index (χ1) is 11.6. The molecule has 5 nitrogen and oxygen atoms in total. The van der Waals surface area contributed by atoms with Gasteiger partial charge in [-0.15, -0.1) is 11.3 Å². The lowest BCUT2D eigenvalue weighted by Gasteiger charge is -2.17. The quantitative estimate of drug-likeness (QED) is 0.781. The summed E-state index contributed by atoms with van der Waals surface area (Å²) >= 11 is 1.61. The van der Waals surface area contributed by atoms with Crippen LogP contribution in [0.15, 0.2) is 34.9 Å². The van der Waals surface area contributed by atoms with E-state index in [-0.39, 0.29) is 0 Å². The molecular formula is C18H20N4OS. The van der Waals surface area contributed by atoms with E-state index in [2.05, 4.69) is 27.3 Å². The minimum atomic E-state index is -0.423. The fourth-order valence-corrected chi connectivity index (χ4v) is 4.26. The summed E-state index contributed by atoms with van der Waals surface area (Å²) in [6, 6.07) is 10.3. The summed E-state index contributed by atoms with van der Waals surface area (Å²) < 4.78 is 5.50. The molecule has 4 rings (SSSR count). The third-order valence-electron chi connectivity index (χ3n) is 4.60.